The van der Waals surface area contributed by atoms with E-state index in [0.717, 1.165) is 22.7 Å². The maximum absolute atomic E-state index is 5.85. The van der Waals surface area contributed by atoms with Gasteiger partial charge in [0, 0.05) is 5.56 Å². The molecule has 0 amide bonds. The van der Waals surface area contributed by atoms with E-state index in [2.05, 4.69) is 29.4 Å². The lowest BCUT2D eigenvalue weighted by Gasteiger charge is -2.12. The molecule has 3 aromatic rings. The van der Waals surface area contributed by atoms with E-state index >= 15 is 0 Å². The van der Waals surface area contributed by atoms with Crippen molar-refractivity contribution in [3.05, 3.63) is 60.3 Å². The van der Waals surface area contributed by atoms with Crippen LogP contribution in [0.3, 0.4) is 0 Å². The number of hydrogen-bond donors (Lipinski definition) is 0. The quantitative estimate of drug-likeness (QED) is 0.729. The average molecular weight is 293 g/mol. The second-order valence-corrected chi connectivity index (χ2v) is 5.55. The molecule has 0 bridgehead atoms. The van der Waals surface area contributed by atoms with Crippen LogP contribution in [0.1, 0.15) is 19.4 Å². The number of aryl methyl sites for hydroxylation is 1. The molecule has 0 N–H and O–H groups in total. The minimum atomic E-state index is 0.119. The summed E-state index contributed by atoms with van der Waals surface area (Å²) in [6, 6.07) is 16.1. The molecule has 0 saturated heterocycles. The predicted molar refractivity (Wildman–Crippen MR) is 87.3 cm³/mol. The number of ether oxygens (including phenoxy) is 1. The fourth-order valence-corrected chi connectivity index (χ4v) is 2.25. The van der Waals surface area contributed by atoms with E-state index in [-0.39, 0.29) is 6.10 Å². The Balaban J connectivity index is 1.96. The van der Waals surface area contributed by atoms with Crippen LogP contribution >= 0.6 is 0 Å². The third kappa shape index (κ3) is 3.01. The summed E-state index contributed by atoms with van der Waals surface area (Å²) in [6.07, 6.45) is 2.04. The fourth-order valence-electron chi connectivity index (χ4n) is 2.25. The fraction of sp³-hybridized carbons (Fsp3) is 0.222. The summed E-state index contributed by atoms with van der Waals surface area (Å²) in [5, 5.41) is 8.51. The van der Waals surface area contributed by atoms with Crippen molar-refractivity contribution in [2.45, 2.75) is 26.9 Å². The predicted octanol–water partition coefficient (Wildman–Crippen LogP) is 4.03. The number of benzene rings is 2. The summed E-state index contributed by atoms with van der Waals surface area (Å²) in [6.45, 7) is 6.09. The number of nitrogens with zero attached hydrogens (tertiary/aromatic N) is 3. The number of para-hydroxylation sites is 1. The van der Waals surface area contributed by atoms with Gasteiger partial charge in [-0.15, -0.1) is 5.10 Å². The molecule has 0 radical (unpaired) electrons. The average Bonchev–Trinajstić information content (AvgIpc) is 2.97. The first kappa shape index (κ1) is 14.3. The van der Waals surface area contributed by atoms with Gasteiger partial charge in [-0.3, -0.25) is 0 Å². The molecule has 0 saturated carbocycles. The molecule has 2 aromatic carbocycles. The SMILES string of the molecule is Cc1ccc(-n2cc(-c3ccccc3OC(C)C)nn2)cc1. The van der Waals surface area contributed by atoms with Gasteiger partial charge in [0.05, 0.1) is 18.0 Å². The van der Waals surface area contributed by atoms with Crippen molar-refractivity contribution in [2.24, 2.45) is 0 Å². The first-order chi connectivity index (χ1) is 10.6. The molecule has 3 rings (SSSR count). The van der Waals surface area contributed by atoms with Crippen LogP contribution in [0.25, 0.3) is 16.9 Å². The summed E-state index contributed by atoms with van der Waals surface area (Å²) in [4.78, 5) is 0. The van der Waals surface area contributed by atoms with E-state index in [1.165, 1.54) is 5.56 Å². The standard InChI is InChI=1S/C18H19N3O/c1-13(2)22-18-7-5-4-6-16(18)17-12-21(20-19-17)15-10-8-14(3)9-11-15/h4-13H,1-3H3. The Labute approximate surface area is 130 Å². The molecule has 22 heavy (non-hydrogen) atoms. The molecule has 0 spiro atoms. The Morgan fingerprint density at radius 1 is 1.00 bits per heavy atom. The van der Waals surface area contributed by atoms with Crippen LogP contribution in [-0.4, -0.2) is 21.1 Å². The summed E-state index contributed by atoms with van der Waals surface area (Å²) >= 11 is 0. The minimum absolute atomic E-state index is 0.119. The molecule has 0 aliphatic rings. The lowest BCUT2D eigenvalue weighted by Crippen LogP contribution is -2.06. The molecule has 4 heteroatoms. The van der Waals surface area contributed by atoms with Gasteiger partial charge < -0.3 is 4.74 Å². The molecule has 0 atom stereocenters. The smallest absolute Gasteiger partial charge is 0.129 e. The van der Waals surface area contributed by atoms with Crippen molar-refractivity contribution < 1.29 is 4.74 Å². The third-order valence-electron chi connectivity index (χ3n) is 3.32. The Kier molecular flexibility index (Phi) is 3.92. The van der Waals surface area contributed by atoms with Crippen molar-refractivity contribution in [3.8, 4) is 22.7 Å². The largest absolute Gasteiger partial charge is 0.490 e. The molecule has 112 valence electrons. The normalized spacial score (nSPS) is 10.9. The first-order valence-electron chi connectivity index (χ1n) is 7.39. The van der Waals surface area contributed by atoms with Gasteiger partial charge in [-0.25, -0.2) is 4.68 Å². The maximum atomic E-state index is 5.85. The zero-order valence-corrected chi connectivity index (χ0v) is 13.0. The molecule has 1 aromatic heterocycles. The van der Waals surface area contributed by atoms with Gasteiger partial charge in [0.1, 0.15) is 11.4 Å². The van der Waals surface area contributed by atoms with Crippen LogP contribution in [-0.2, 0) is 0 Å². The summed E-state index contributed by atoms with van der Waals surface area (Å²) in [5.41, 5.74) is 3.97. The lowest BCUT2D eigenvalue weighted by molar-refractivity contribution is 0.243. The van der Waals surface area contributed by atoms with Crippen molar-refractivity contribution in [3.63, 3.8) is 0 Å². The van der Waals surface area contributed by atoms with Crippen molar-refractivity contribution in [1.29, 1.82) is 0 Å². The Morgan fingerprint density at radius 2 is 1.73 bits per heavy atom. The highest BCUT2D eigenvalue weighted by atomic mass is 16.5. The second kappa shape index (κ2) is 6.02. The van der Waals surface area contributed by atoms with E-state index in [0.29, 0.717) is 0 Å². The Bertz CT molecular complexity index is 760. The molecule has 0 aliphatic heterocycles. The van der Waals surface area contributed by atoms with Gasteiger partial charge in [-0.2, -0.15) is 0 Å². The number of aromatic nitrogens is 3. The van der Waals surface area contributed by atoms with E-state index in [4.69, 9.17) is 4.74 Å². The van der Waals surface area contributed by atoms with E-state index in [1.54, 1.807) is 4.68 Å². The van der Waals surface area contributed by atoms with Crippen molar-refractivity contribution in [2.75, 3.05) is 0 Å². The Hall–Kier alpha value is -2.62. The molecule has 0 aliphatic carbocycles. The highest BCUT2D eigenvalue weighted by molar-refractivity contribution is 5.66. The molecule has 0 unspecified atom stereocenters. The van der Waals surface area contributed by atoms with Crippen LogP contribution < -0.4 is 4.74 Å². The van der Waals surface area contributed by atoms with Gasteiger partial charge in [0.15, 0.2) is 0 Å². The van der Waals surface area contributed by atoms with Crippen LogP contribution in [0, 0.1) is 6.92 Å². The van der Waals surface area contributed by atoms with Crippen LogP contribution in [0.2, 0.25) is 0 Å². The van der Waals surface area contributed by atoms with Crippen molar-refractivity contribution >= 4 is 0 Å². The zero-order chi connectivity index (χ0) is 15.5. The van der Waals surface area contributed by atoms with Gasteiger partial charge in [-0.1, -0.05) is 35.0 Å². The van der Waals surface area contributed by atoms with Crippen LogP contribution in [0.15, 0.2) is 54.7 Å². The molecular weight excluding hydrogens is 274 g/mol. The minimum Gasteiger partial charge on any atom is -0.490 e. The van der Waals surface area contributed by atoms with Crippen LogP contribution in [0.5, 0.6) is 5.75 Å². The topological polar surface area (TPSA) is 39.9 Å². The second-order valence-electron chi connectivity index (χ2n) is 5.55. The summed E-state index contributed by atoms with van der Waals surface area (Å²) < 4.78 is 7.63. The van der Waals surface area contributed by atoms with Crippen LogP contribution in [0.4, 0.5) is 0 Å². The van der Waals surface area contributed by atoms with E-state index in [1.807, 2.05) is 56.4 Å². The lowest BCUT2D eigenvalue weighted by atomic mass is 10.1. The van der Waals surface area contributed by atoms with Gasteiger partial charge in [-0.05, 0) is 45.0 Å². The molecule has 0 fully saturated rings. The number of rotatable bonds is 4. The molecule has 4 nitrogen and oxygen atoms in total. The van der Waals surface area contributed by atoms with E-state index in [9.17, 15) is 0 Å². The Morgan fingerprint density at radius 3 is 2.45 bits per heavy atom. The molecule has 1 heterocycles. The highest BCUT2D eigenvalue weighted by Crippen LogP contribution is 2.29. The number of hydrogen-bond acceptors (Lipinski definition) is 3. The molecular formula is C18H19N3O. The third-order valence-corrected chi connectivity index (χ3v) is 3.32. The highest BCUT2D eigenvalue weighted by Gasteiger charge is 2.11. The first-order valence-corrected chi connectivity index (χ1v) is 7.39. The monoisotopic (exact) mass is 293 g/mol. The zero-order valence-electron chi connectivity index (χ0n) is 13.0. The van der Waals surface area contributed by atoms with E-state index < -0.39 is 0 Å². The maximum Gasteiger partial charge on any atom is 0.129 e. The van der Waals surface area contributed by atoms with Gasteiger partial charge in [0.2, 0.25) is 0 Å². The summed E-state index contributed by atoms with van der Waals surface area (Å²) in [5.74, 6) is 0.827. The van der Waals surface area contributed by atoms with Crippen molar-refractivity contribution in [1.82, 2.24) is 15.0 Å². The van der Waals surface area contributed by atoms with Gasteiger partial charge >= 0.3 is 0 Å². The van der Waals surface area contributed by atoms with Gasteiger partial charge in [0.25, 0.3) is 0 Å². The summed E-state index contributed by atoms with van der Waals surface area (Å²) in [7, 11) is 0.